The summed E-state index contributed by atoms with van der Waals surface area (Å²) in [6.45, 7) is 3.81. The Labute approximate surface area is 199 Å². The Morgan fingerprint density at radius 3 is 2.12 bits per heavy atom. The summed E-state index contributed by atoms with van der Waals surface area (Å²) in [6, 6.07) is 16.6. The lowest BCUT2D eigenvalue weighted by molar-refractivity contribution is -0.118. The van der Waals surface area contributed by atoms with Crippen LogP contribution in [0.4, 0.5) is 11.5 Å². The molecule has 3 aromatic rings. The summed E-state index contributed by atoms with van der Waals surface area (Å²) in [4.78, 5) is 16.9. The molecule has 0 bridgehead atoms. The summed E-state index contributed by atoms with van der Waals surface area (Å²) in [5.74, 6) is 2.29. The maximum atomic E-state index is 12.3. The number of anilines is 2. The van der Waals surface area contributed by atoms with Crippen LogP contribution in [0.5, 0.6) is 17.2 Å². The molecule has 1 aromatic heterocycles. The number of nitrogens with zero attached hydrogens (tertiary/aromatic N) is 4. The van der Waals surface area contributed by atoms with Gasteiger partial charge in [0.25, 0.3) is 5.91 Å². The van der Waals surface area contributed by atoms with E-state index >= 15 is 0 Å². The van der Waals surface area contributed by atoms with Crippen LogP contribution < -0.4 is 24.4 Å². The maximum Gasteiger partial charge on any atom is 0.262 e. The van der Waals surface area contributed by atoms with Crippen molar-refractivity contribution in [1.82, 2.24) is 15.1 Å². The molecule has 0 atom stereocenters. The van der Waals surface area contributed by atoms with Crippen molar-refractivity contribution in [2.24, 2.45) is 0 Å². The third-order valence-electron chi connectivity index (χ3n) is 5.64. The number of likely N-dealkylation sites (N-methyl/N-ethyl adjacent to an activating group) is 1. The minimum atomic E-state index is -0.272. The Morgan fingerprint density at radius 1 is 0.882 bits per heavy atom. The van der Waals surface area contributed by atoms with Crippen LogP contribution in [0.3, 0.4) is 0 Å². The van der Waals surface area contributed by atoms with Gasteiger partial charge in [-0.1, -0.05) is 12.1 Å². The van der Waals surface area contributed by atoms with Gasteiger partial charge in [-0.3, -0.25) is 4.79 Å². The van der Waals surface area contributed by atoms with Gasteiger partial charge in [-0.2, -0.15) is 0 Å². The van der Waals surface area contributed by atoms with Crippen molar-refractivity contribution >= 4 is 17.4 Å². The molecule has 1 amide bonds. The van der Waals surface area contributed by atoms with E-state index in [1.54, 1.807) is 32.4 Å². The number of piperazine rings is 1. The second-order valence-corrected chi connectivity index (χ2v) is 8.03. The number of methoxy groups -OCH3 is 2. The van der Waals surface area contributed by atoms with E-state index in [-0.39, 0.29) is 12.5 Å². The summed E-state index contributed by atoms with van der Waals surface area (Å²) < 4.78 is 16.0. The van der Waals surface area contributed by atoms with Crippen molar-refractivity contribution < 1.29 is 19.0 Å². The molecule has 9 nitrogen and oxygen atoms in total. The highest BCUT2D eigenvalue weighted by atomic mass is 16.5. The van der Waals surface area contributed by atoms with Gasteiger partial charge in [0.2, 0.25) is 0 Å². The fourth-order valence-corrected chi connectivity index (χ4v) is 3.62. The number of benzene rings is 2. The topological polar surface area (TPSA) is 89.1 Å². The fraction of sp³-hybridized carbons (Fsp3) is 0.320. The lowest BCUT2D eigenvalue weighted by Gasteiger charge is -2.32. The van der Waals surface area contributed by atoms with Crippen molar-refractivity contribution in [3.05, 3.63) is 54.6 Å². The number of ether oxygens (including phenoxy) is 3. The zero-order valence-corrected chi connectivity index (χ0v) is 19.7. The molecule has 2 aromatic carbocycles. The molecule has 4 rings (SSSR count). The molecule has 1 saturated heterocycles. The third-order valence-corrected chi connectivity index (χ3v) is 5.64. The highest BCUT2D eigenvalue weighted by molar-refractivity contribution is 5.92. The van der Waals surface area contributed by atoms with Gasteiger partial charge in [0.1, 0.15) is 17.2 Å². The molecular formula is C25H29N5O4. The minimum Gasteiger partial charge on any atom is -0.496 e. The van der Waals surface area contributed by atoms with E-state index in [1.807, 2.05) is 36.4 Å². The van der Waals surface area contributed by atoms with Crippen LogP contribution in [0.25, 0.3) is 11.3 Å². The van der Waals surface area contributed by atoms with Crippen molar-refractivity contribution in [2.45, 2.75) is 0 Å². The van der Waals surface area contributed by atoms with E-state index in [9.17, 15) is 4.79 Å². The third kappa shape index (κ3) is 5.93. The lowest BCUT2D eigenvalue weighted by atomic mass is 10.1. The highest BCUT2D eigenvalue weighted by Crippen LogP contribution is 2.27. The van der Waals surface area contributed by atoms with Gasteiger partial charge in [0.15, 0.2) is 12.4 Å². The molecular weight excluding hydrogens is 434 g/mol. The van der Waals surface area contributed by atoms with Gasteiger partial charge >= 0.3 is 0 Å². The molecule has 1 aliphatic heterocycles. The van der Waals surface area contributed by atoms with Crippen molar-refractivity contribution in [3.63, 3.8) is 0 Å². The number of aromatic nitrogens is 2. The predicted octanol–water partition coefficient (Wildman–Crippen LogP) is 2.93. The number of hydrogen-bond acceptors (Lipinski definition) is 8. The number of carbonyl (C=O) groups excluding carboxylic acids is 1. The van der Waals surface area contributed by atoms with Crippen molar-refractivity contribution in [2.75, 3.05) is 64.3 Å². The SMILES string of the molecule is COc1cc(OC)cc(OCC(=O)Nc2ccc(-c3ccc(N4CCN(C)CC4)nn3)cc2)c1. The van der Waals surface area contributed by atoms with Gasteiger partial charge in [0, 0.05) is 55.6 Å². The zero-order chi connectivity index (χ0) is 23.9. The molecule has 0 aliphatic carbocycles. The zero-order valence-electron chi connectivity index (χ0n) is 19.7. The first-order valence-corrected chi connectivity index (χ1v) is 11.1. The first-order chi connectivity index (χ1) is 16.5. The van der Waals surface area contributed by atoms with Crippen molar-refractivity contribution in [3.8, 4) is 28.5 Å². The summed E-state index contributed by atoms with van der Waals surface area (Å²) in [5, 5.41) is 11.6. The first-order valence-electron chi connectivity index (χ1n) is 11.1. The van der Waals surface area contributed by atoms with Crippen LogP contribution in [0.1, 0.15) is 0 Å². The van der Waals surface area contributed by atoms with Crippen LogP contribution in [0.2, 0.25) is 0 Å². The first kappa shape index (κ1) is 23.3. The average molecular weight is 464 g/mol. The van der Waals surface area contributed by atoms with E-state index in [1.165, 1.54) is 0 Å². The number of amides is 1. The molecule has 178 valence electrons. The van der Waals surface area contributed by atoms with Gasteiger partial charge < -0.3 is 29.3 Å². The van der Waals surface area contributed by atoms with E-state index in [0.29, 0.717) is 22.9 Å². The van der Waals surface area contributed by atoms with Crippen molar-refractivity contribution in [1.29, 1.82) is 0 Å². The number of carbonyl (C=O) groups is 1. The van der Waals surface area contributed by atoms with Gasteiger partial charge in [0.05, 0.1) is 19.9 Å². The largest absolute Gasteiger partial charge is 0.496 e. The Kier molecular flexibility index (Phi) is 7.44. The fourth-order valence-electron chi connectivity index (χ4n) is 3.62. The van der Waals surface area contributed by atoms with E-state index < -0.39 is 0 Å². The quantitative estimate of drug-likeness (QED) is 0.546. The van der Waals surface area contributed by atoms with Crippen LogP contribution >= 0.6 is 0 Å². The summed E-state index contributed by atoms with van der Waals surface area (Å²) in [7, 11) is 5.24. The van der Waals surface area contributed by atoms with Gasteiger partial charge in [-0.15, -0.1) is 10.2 Å². The van der Waals surface area contributed by atoms with Crippen LogP contribution in [0.15, 0.2) is 54.6 Å². The molecule has 34 heavy (non-hydrogen) atoms. The Balaban J connectivity index is 1.31. The summed E-state index contributed by atoms with van der Waals surface area (Å²) >= 11 is 0. The second kappa shape index (κ2) is 10.8. The molecule has 0 saturated carbocycles. The molecule has 0 radical (unpaired) electrons. The highest BCUT2D eigenvalue weighted by Gasteiger charge is 2.15. The molecule has 2 heterocycles. The van der Waals surface area contributed by atoms with Crippen LogP contribution in [-0.4, -0.2) is 75.1 Å². The number of rotatable bonds is 8. The second-order valence-electron chi connectivity index (χ2n) is 8.03. The monoisotopic (exact) mass is 463 g/mol. The van der Waals surface area contributed by atoms with Crippen LogP contribution in [-0.2, 0) is 4.79 Å². The minimum absolute atomic E-state index is 0.142. The van der Waals surface area contributed by atoms with E-state index in [4.69, 9.17) is 14.2 Å². The molecule has 0 spiro atoms. The molecule has 1 N–H and O–H groups in total. The van der Waals surface area contributed by atoms with Gasteiger partial charge in [-0.05, 0) is 31.3 Å². The lowest BCUT2D eigenvalue weighted by Crippen LogP contribution is -2.44. The number of hydrogen-bond donors (Lipinski definition) is 1. The van der Waals surface area contributed by atoms with E-state index in [2.05, 4.69) is 32.4 Å². The Morgan fingerprint density at radius 2 is 1.53 bits per heavy atom. The smallest absolute Gasteiger partial charge is 0.262 e. The molecule has 9 heteroatoms. The van der Waals surface area contributed by atoms with E-state index in [0.717, 1.165) is 43.3 Å². The molecule has 1 fully saturated rings. The van der Waals surface area contributed by atoms with Gasteiger partial charge in [-0.25, -0.2) is 0 Å². The standard InChI is InChI=1S/C25H29N5O4/c1-29-10-12-30(13-11-29)24-9-8-23(27-28-24)18-4-6-19(7-5-18)26-25(31)17-34-22-15-20(32-2)14-21(16-22)33-3/h4-9,14-16H,10-13,17H2,1-3H3,(H,26,31). The Bertz CT molecular complexity index is 1080. The summed E-state index contributed by atoms with van der Waals surface area (Å²) in [5.41, 5.74) is 2.38. The summed E-state index contributed by atoms with van der Waals surface area (Å²) in [6.07, 6.45) is 0. The average Bonchev–Trinajstić information content (AvgIpc) is 2.88. The predicted molar refractivity (Wildman–Crippen MR) is 131 cm³/mol. The molecule has 1 aliphatic rings. The maximum absolute atomic E-state index is 12.3. The Hall–Kier alpha value is -3.85. The molecule has 0 unspecified atom stereocenters. The number of nitrogens with one attached hydrogen (secondary N) is 1. The van der Waals surface area contributed by atoms with Crippen LogP contribution in [0, 0.1) is 0 Å². The normalized spacial score (nSPS) is 13.9.